The van der Waals surface area contributed by atoms with Gasteiger partial charge in [0.05, 0.1) is 5.69 Å². The maximum absolute atomic E-state index is 4.47. The predicted molar refractivity (Wildman–Crippen MR) is 57.4 cm³/mol. The molecule has 3 heteroatoms. The maximum atomic E-state index is 4.47. The summed E-state index contributed by atoms with van der Waals surface area (Å²) in [5.41, 5.74) is 2.51. The molecule has 0 bridgehead atoms. The topological polar surface area (TPSA) is 16.1 Å². The van der Waals surface area contributed by atoms with E-state index in [4.69, 9.17) is 0 Å². The molecule has 1 fully saturated rings. The van der Waals surface area contributed by atoms with Crippen LogP contribution in [0.25, 0.3) is 0 Å². The number of anilines is 1. The van der Waals surface area contributed by atoms with E-state index < -0.39 is 0 Å². The van der Waals surface area contributed by atoms with Gasteiger partial charge in [-0.3, -0.25) is 0 Å². The number of aryl methyl sites for hydroxylation is 1. The minimum Gasteiger partial charge on any atom is -0.347 e. The zero-order valence-corrected chi connectivity index (χ0v) is 8.73. The van der Waals surface area contributed by atoms with Crippen molar-refractivity contribution in [1.29, 1.82) is 0 Å². The third-order valence-corrected chi connectivity index (χ3v) is 3.37. The molecule has 0 aromatic carbocycles. The Labute approximate surface area is 82.9 Å². The van der Waals surface area contributed by atoms with Crippen LogP contribution in [0.4, 0.5) is 5.13 Å². The van der Waals surface area contributed by atoms with E-state index in [9.17, 15) is 0 Å². The Balaban J connectivity index is 2.06. The Kier molecular flexibility index (Phi) is 2.36. The number of aromatic nitrogens is 1. The number of hydrogen-bond donors (Lipinski definition) is 0. The molecule has 1 aromatic rings. The van der Waals surface area contributed by atoms with Crippen LogP contribution in [0.3, 0.4) is 0 Å². The molecule has 0 N–H and O–H groups in total. The molecule has 2 rings (SSSR count). The molecule has 2 heterocycles. The second-order valence-corrected chi connectivity index (χ2v) is 4.35. The van der Waals surface area contributed by atoms with Crippen molar-refractivity contribution in [2.45, 2.75) is 19.8 Å². The Morgan fingerprint density at radius 1 is 1.46 bits per heavy atom. The second kappa shape index (κ2) is 3.50. The van der Waals surface area contributed by atoms with Gasteiger partial charge in [0, 0.05) is 18.5 Å². The van der Waals surface area contributed by atoms with E-state index in [1.165, 1.54) is 10.7 Å². The standard InChI is InChI=1S/C10H14N2S/c1-8-3-5-12(6-4-8)10-11-9(2)7-13-10/h7H,1,3-6H2,2H3. The monoisotopic (exact) mass is 194 g/mol. The predicted octanol–water partition coefficient (Wildman–Crippen LogP) is 2.61. The lowest BCUT2D eigenvalue weighted by Gasteiger charge is -2.27. The van der Waals surface area contributed by atoms with E-state index >= 15 is 0 Å². The summed E-state index contributed by atoms with van der Waals surface area (Å²) in [6.07, 6.45) is 2.25. The Morgan fingerprint density at radius 3 is 2.69 bits per heavy atom. The first-order chi connectivity index (χ1) is 6.25. The van der Waals surface area contributed by atoms with Crippen molar-refractivity contribution >= 4 is 16.5 Å². The van der Waals surface area contributed by atoms with Crippen LogP contribution >= 0.6 is 11.3 Å². The summed E-state index contributed by atoms with van der Waals surface area (Å²) in [4.78, 5) is 6.83. The fourth-order valence-corrected chi connectivity index (χ4v) is 2.36. The molecule has 0 unspecified atom stereocenters. The summed E-state index contributed by atoms with van der Waals surface area (Å²) in [6.45, 7) is 8.23. The highest BCUT2D eigenvalue weighted by Gasteiger charge is 2.14. The smallest absolute Gasteiger partial charge is 0.185 e. The molecule has 0 radical (unpaired) electrons. The molecule has 1 aromatic heterocycles. The highest BCUT2D eigenvalue weighted by atomic mass is 32.1. The van der Waals surface area contributed by atoms with Crippen LogP contribution in [0.15, 0.2) is 17.5 Å². The van der Waals surface area contributed by atoms with Gasteiger partial charge in [-0.25, -0.2) is 4.98 Å². The van der Waals surface area contributed by atoms with E-state index in [1.54, 1.807) is 11.3 Å². The van der Waals surface area contributed by atoms with Gasteiger partial charge in [-0.05, 0) is 19.8 Å². The summed E-state index contributed by atoms with van der Waals surface area (Å²) in [7, 11) is 0. The van der Waals surface area contributed by atoms with Gasteiger partial charge in [0.2, 0.25) is 0 Å². The average molecular weight is 194 g/mol. The molecule has 0 amide bonds. The van der Waals surface area contributed by atoms with E-state index in [2.05, 4.69) is 21.8 Å². The van der Waals surface area contributed by atoms with Gasteiger partial charge in [-0.1, -0.05) is 12.2 Å². The van der Waals surface area contributed by atoms with Crippen LogP contribution in [0.2, 0.25) is 0 Å². The highest BCUT2D eigenvalue weighted by molar-refractivity contribution is 7.13. The first kappa shape index (κ1) is 8.75. The van der Waals surface area contributed by atoms with E-state index in [-0.39, 0.29) is 0 Å². The Bertz CT molecular complexity index is 306. The van der Waals surface area contributed by atoms with Crippen LogP contribution in [0, 0.1) is 6.92 Å². The second-order valence-electron chi connectivity index (χ2n) is 3.51. The van der Waals surface area contributed by atoms with Crippen molar-refractivity contribution in [2.75, 3.05) is 18.0 Å². The molecule has 0 aliphatic carbocycles. The summed E-state index contributed by atoms with van der Waals surface area (Å²) >= 11 is 1.74. The minimum absolute atomic E-state index is 1.09. The first-order valence-electron chi connectivity index (χ1n) is 4.59. The van der Waals surface area contributed by atoms with Gasteiger partial charge in [0.25, 0.3) is 0 Å². The van der Waals surface area contributed by atoms with Crippen LogP contribution in [0.1, 0.15) is 18.5 Å². The zero-order chi connectivity index (χ0) is 9.26. The largest absolute Gasteiger partial charge is 0.347 e. The van der Waals surface area contributed by atoms with E-state index in [0.717, 1.165) is 31.6 Å². The third-order valence-electron chi connectivity index (χ3n) is 2.35. The molecule has 1 aliphatic rings. The van der Waals surface area contributed by atoms with Gasteiger partial charge in [0.15, 0.2) is 5.13 Å². The molecule has 0 saturated carbocycles. The summed E-state index contributed by atoms with van der Waals surface area (Å²) in [6, 6.07) is 0. The number of hydrogen-bond acceptors (Lipinski definition) is 3. The first-order valence-corrected chi connectivity index (χ1v) is 5.47. The highest BCUT2D eigenvalue weighted by Crippen LogP contribution is 2.24. The summed E-state index contributed by atoms with van der Waals surface area (Å²) < 4.78 is 0. The lowest BCUT2D eigenvalue weighted by molar-refractivity contribution is 0.685. The lowest BCUT2D eigenvalue weighted by Crippen LogP contribution is -2.30. The number of thiazole rings is 1. The number of rotatable bonds is 1. The third kappa shape index (κ3) is 1.91. The summed E-state index contributed by atoms with van der Waals surface area (Å²) in [5.74, 6) is 0. The fraction of sp³-hybridized carbons (Fsp3) is 0.500. The van der Waals surface area contributed by atoms with Crippen LogP contribution in [-0.2, 0) is 0 Å². The zero-order valence-electron chi connectivity index (χ0n) is 7.92. The van der Waals surface area contributed by atoms with E-state index in [1.807, 2.05) is 6.92 Å². The maximum Gasteiger partial charge on any atom is 0.185 e. The van der Waals surface area contributed by atoms with Crippen molar-refractivity contribution in [2.24, 2.45) is 0 Å². The molecule has 70 valence electrons. The van der Waals surface area contributed by atoms with Crippen molar-refractivity contribution in [3.8, 4) is 0 Å². The molecule has 13 heavy (non-hydrogen) atoms. The molecular weight excluding hydrogens is 180 g/mol. The molecule has 1 aliphatic heterocycles. The van der Waals surface area contributed by atoms with Crippen molar-refractivity contribution in [3.63, 3.8) is 0 Å². The molecular formula is C10H14N2S. The Morgan fingerprint density at radius 2 is 2.15 bits per heavy atom. The average Bonchev–Trinajstić information content (AvgIpc) is 2.53. The quantitative estimate of drug-likeness (QED) is 0.639. The van der Waals surface area contributed by atoms with Gasteiger partial charge in [-0.15, -0.1) is 11.3 Å². The van der Waals surface area contributed by atoms with Crippen LogP contribution < -0.4 is 4.90 Å². The number of piperidine rings is 1. The van der Waals surface area contributed by atoms with Crippen molar-refractivity contribution in [1.82, 2.24) is 4.98 Å². The van der Waals surface area contributed by atoms with E-state index in [0.29, 0.717) is 0 Å². The van der Waals surface area contributed by atoms with Gasteiger partial charge >= 0.3 is 0 Å². The SMILES string of the molecule is C=C1CCN(c2nc(C)cs2)CC1. The molecule has 1 saturated heterocycles. The Hall–Kier alpha value is -0.830. The van der Waals surface area contributed by atoms with Crippen molar-refractivity contribution < 1.29 is 0 Å². The fourth-order valence-electron chi connectivity index (χ4n) is 1.50. The molecule has 2 nitrogen and oxygen atoms in total. The lowest BCUT2D eigenvalue weighted by atomic mass is 10.1. The number of nitrogens with zero attached hydrogens (tertiary/aromatic N) is 2. The van der Waals surface area contributed by atoms with Crippen molar-refractivity contribution in [3.05, 3.63) is 23.2 Å². The minimum atomic E-state index is 1.09. The normalized spacial score (nSPS) is 17.9. The van der Waals surface area contributed by atoms with Gasteiger partial charge in [0.1, 0.15) is 0 Å². The van der Waals surface area contributed by atoms with Gasteiger partial charge in [-0.2, -0.15) is 0 Å². The summed E-state index contributed by atoms with van der Waals surface area (Å²) in [5, 5.41) is 3.28. The molecule has 0 atom stereocenters. The molecule has 0 spiro atoms. The van der Waals surface area contributed by atoms with Crippen LogP contribution in [0.5, 0.6) is 0 Å². The van der Waals surface area contributed by atoms with Gasteiger partial charge < -0.3 is 4.90 Å². The van der Waals surface area contributed by atoms with Crippen LogP contribution in [-0.4, -0.2) is 18.1 Å².